The van der Waals surface area contributed by atoms with Gasteiger partial charge in [-0.1, -0.05) is 30.8 Å². The third-order valence-corrected chi connectivity index (χ3v) is 7.45. The summed E-state index contributed by atoms with van der Waals surface area (Å²) < 4.78 is 46.6. The Morgan fingerprint density at radius 3 is 2.46 bits per heavy atom. The fraction of sp³-hybridized carbons (Fsp3) is 0.579. The van der Waals surface area contributed by atoms with Crippen LogP contribution in [-0.2, 0) is 10.0 Å². The molecule has 0 amide bonds. The maximum Gasteiger partial charge on any atom is 0.315 e. The zero-order valence-corrected chi connectivity index (χ0v) is 16.5. The number of aromatic nitrogens is 2. The minimum Gasteiger partial charge on any atom is -0.406 e. The largest absolute Gasteiger partial charge is 0.406 e. The van der Waals surface area contributed by atoms with E-state index in [1.54, 1.807) is 0 Å². The molecule has 1 N–H and O–H groups in total. The number of benzene rings is 1. The van der Waals surface area contributed by atoms with E-state index in [0.29, 0.717) is 30.9 Å². The molecule has 28 heavy (non-hydrogen) atoms. The highest BCUT2D eigenvalue weighted by Gasteiger charge is 2.37. The summed E-state index contributed by atoms with van der Waals surface area (Å²) >= 11 is 0. The number of rotatable bonds is 5. The Morgan fingerprint density at radius 2 is 1.71 bits per heavy atom. The van der Waals surface area contributed by atoms with Gasteiger partial charge in [0.15, 0.2) is 0 Å². The molecule has 0 bridgehead atoms. The van der Waals surface area contributed by atoms with Crippen LogP contribution in [0, 0.1) is 5.82 Å². The molecule has 1 aromatic carbocycles. The molecule has 1 saturated carbocycles. The number of sulfonamides is 1. The van der Waals surface area contributed by atoms with Crippen molar-refractivity contribution < 1.29 is 17.2 Å². The molecular formula is C19H25FN4O3S. The zero-order valence-electron chi connectivity index (χ0n) is 15.7. The van der Waals surface area contributed by atoms with Crippen molar-refractivity contribution in [1.82, 2.24) is 14.5 Å². The average molecular weight is 408 g/mol. The molecule has 2 fully saturated rings. The summed E-state index contributed by atoms with van der Waals surface area (Å²) in [5.41, 5.74) is 0. The molecule has 7 nitrogen and oxygen atoms in total. The van der Waals surface area contributed by atoms with Gasteiger partial charge in [-0.25, -0.2) is 12.8 Å². The lowest BCUT2D eigenvalue weighted by atomic mass is 9.96. The molecule has 1 aliphatic carbocycles. The highest BCUT2D eigenvalue weighted by molar-refractivity contribution is 7.89. The number of halogens is 1. The van der Waals surface area contributed by atoms with Crippen molar-refractivity contribution in [2.45, 2.75) is 68.3 Å². The Balaban J connectivity index is 1.54. The van der Waals surface area contributed by atoms with Crippen LogP contribution in [0.15, 0.2) is 33.6 Å². The van der Waals surface area contributed by atoms with Crippen molar-refractivity contribution in [3.8, 4) is 0 Å². The van der Waals surface area contributed by atoms with Crippen LogP contribution in [0.25, 0.3) is 0 Å². The number of anilines is 1. The Hall–Kier alpha value is -2.00. The van der Waals surface area contributed by atoms with Crippen molar-refractivity contribution in [3.63, 3.8) is 0 Å². The second-order valence-corrected chi connectivity index (χ2v) is 9.40. The van der Waals surface area contributed by atoms with Gasteiger partial charge < -0.3 is 9.73 Å². The SMILES string of the molecule is O=S(=O)(c1ccc(F)cc1)N1CCCC[C@H]1c1nnc(NC2CCCCC2)o1. The minimum absolute atomic E-state index is 0.0702. The van der Waals surface area contributed by atoms with Gasteiger partial charge >= 0.3 is 6.01 Å². The van der Waals surface area contributed by atoms with E-state index >= 15 is 0 Å². The monoisotopic (exact) mass is 408 g/mol. The molecule has 9 heteroatoms. The average Bonchev–Trinajstić information content (AvgIpc) is 3.17. The molecule has 4 rings (SSSR count). The van der Waals surface area contributed by atoms with Gasteiger partial charge in [-0.2, -0.15) is 4.31 Å². The molecule has 2 heterocycles. The molecule has 1 aliphatic heterocycles. The Morgan fingerprint density at radius 1 is 1.00 bits per heavy atom. The van der Waals surface area contributed by atoms with Crippen LogP contribution in [0.5, 0.6) is 0 Å². The van der Waals surface area contributed by atoms with E-state index < -0.39 is 21.9 Å². The molecule has 0 unspecified atom stereocenters. The highest BCUT2D eigenvalue weighted by Crippen LogP contribution is 2.35. The molecule has 0 radical (unpaired) electrons. The highest BCUT2D eigenvalue weighted by atomic mass is 32.2. The van der Waals surface area contributed by atoms with E-state index in [9.17, 15) is 12.8 Å². The van der Waals surface area contributed by atoms with Gasteiger partial charge in [-0.05, 0) is 49.9 Å². The summed E-state index contributed by atoms with van der Waals surface area (Å²) in [5, 5.41) is 11.5. The molecular weight excluding hydrogens is 383 g/mol. The Labute approximate surface area is 164 Å². The van der Waals surface area contributed by atoms with Crippen LogP contribution in [0.2, 0.25) is 0 Å². The van der Waals surface area contributed by atoms with Crippen LogP contribution in [0.1, 0.15) is 63.3 Å². The smallest absolute Gasteiger partial charge is 0.315 e. The topological polar surface area (TPSA) is 88.3 Å². The lowest BCUT2D eigenvalue weighted by Crippen LogP contribution is -2.38. The normalized spacial score (nSPS) is 22.2. The minimum atomic E-state index is -3.78. The van der Waals surface area contributed by atoms with Gasteiger partial charge in [0, 0.05) is 12.6 Å². The van der Waals surface area contributed by atoms with Crippen molar-refractivity contribution in [3.05, 3.63) is 36.0 Å². The van der Waals surface area contributed by atoms with E-state index in [-0.39, 0.29) is 4.90 Å². The summed E-state index contributed by atoms with van der Waals surface area (Å²) in [4.78, 5) is 0.0702. The van der Waals surface area contributed by atoms with E-state index in [0.717, 1.165) is 37.8 Å². The maximum absolute atomic E-state index is 13.2. The van der Waals surface area contributed by atoms with Crippen LogP contribution < -0.4 is 5.32 Å². The van der Waals surface area contributed by atoms with Gasteiger partial charge in [0.2, 0.25) is 15.9 Å². The quantitative estimate of drug-likeness (QED) is 0.808. The first-order valence-corrected chi connectivity index (χ1v) is 11.4. The summed E-state index contributed by atoms with van der Waals surface area (Å²) in [7, 11) is -3.78. The number of hydrogen-bond acceptors (Lipinski definition) is 6. The molecule has 152 valence electrons. The second kappa shape index (κ2) is 8.16. The number of nitrogens with one attached hydrogen (secondary N) is 1. The molecule has 1 aromatic heterocycles. The second-order valence-electron chi connectivity index (χ2n) is 7.51. The third-order valence-electron chi connectivity index (χ3n) is 5.53. The zero-order chi connectivity index (χ0) is 19.6. The van der Waals surface area contributed by atoms with Crippen LogP contribution in [0.4, 0.5) is 10.4 Å². The molecule has 2 aliphatic rings. The summed E-state index contributed by atoms with van der Waals surface area (Å²) in [6.45, 7) is 0.373. The van der Waals surface area contributed by atoms with E-state index in [4.69, 9.17) is 4.42 Å². The van der Waals surface area contributed by atoms with Gasteiger partial charge in [-0.15, -0.1) is 5.10 Å². The molecule has 1 atom stereocenters. The summed E-state index contributed by atoms with van der Waals surface area (Å²) in [6, 6.07) is 5.08. The first kappa shape index (κ1) is 19.3. The van der Waals surface area contributed by atoms with Crippen LogP contribution in [-0.4, -0.2) is 35.5 Å². The van der Waals surface area contributed by atoms with Crippen LogP contribution in [0.3, 0.4) is 0 Å². The predicted octanol–water partition coefficient (Wildman–Crippen LogP) is 3.87. The molecule has 0 spiro atoms. The van der Waals surface area contributed by atoms with Gasteiger partial charge in [-0.3, -0.25) is 0 Å². The predicted molar refractivity (Wildman–Crippen MR) is 102 cm³/mol. The maximum atomic E-state index is 13.2. The van der Waals surface area contributed by atoms with Gasteiger partial charge in [0.05, 0.1) is 4.90 Å². The Kier molecular flexibility index (Phi) is 5.63. The molecule has 2 aromatic rings. The van der Waals surface area contributed by atoms with E-state index in [1.165, 1.54) is 35.7 Å². The van der Waals surface area contributed by atoms with E-state index in [1.807, 2.05) is 0 Å². The summed E-state index contributed by atoms with van der Waals surface area (Å²) in [6.07, 6.45) is 8.04. The van der Waals surface area contributed by atoms with Crippen molar-refractivity contribution >= 4 is 16.0 Å². The molecule has 1 saturated heterocycles. The summed E-state index contributed by atoms with van der Waals surface area (Å²) in [5.74, 6) is -0.159. The van der Waals surface area contributed by atoms with Gasteiger partial charge in [0.1, 0.15) is 11.9 Å². The fourth-order valence-corrected chi connectivity index (χ4v) is 5.68. The van der Waals surface area contributed by atoms with Crippen molar-refractivity contribution in [2.75, 3.05) is 11.9 Å². The first-order valence-electron chi connectivity index (χ1n) is 9.91. The lowest BCUT2D eigenvalue weighted by Gasteiger charge is -2.32. The standard InChI is InChI=1S/C19H25FN4O3S/c20-14-9-11-16(12-10-14)28(25,26)24-13-5-4-8-17(24)18-22-23-19(27-18)21-15-6-2-1-3-7-15/h9-12,15,17H,1-8,13H2,(H,21,23)/t17-/m0/s1. The van der Waals surface area contributed by atoms with E-state index in [2.05, 4.69) is 15.5 Å². The van der Waals surface area contributed by atoms with Crippen LogP contribution >= 0.6 is 0 Å². The number of piperidine rings is 1. The van der Waals surface area contributed by atoms with Gasteiger partial charge in [0.25, 0.3) is 0 Å². The fourth-order valence-electron chi connectivity index (χ4n) is 4.03. The lowest BCUT2D eigenvalue weighted by molar-refractivity contribution is 0.220. The van der Waals surface area contributed by atoms with Crippen molar-refractivity contribution in [1.29, 1.82) is 0 Å². The van der Waals surface area contributed by atoms with Crippen molar-refractivity contribution in [2.24, 2.45) is 0 Å². The third kappa shape index (κ3) is 4.05. The number of nitrogens with zero attached hydrogens (tertiary/aromatic N) is 3. The first-order chi connectivity index (χ1) is 13.5. The Bertz CT molecular complexity index is 894. The number of hydrogen-bond donors (Lipinski definition) is 1.